The van der Waals surface area contributed by atoms with Gasteiger partial charge in [0.2, 0.25) is 0 Å². The summed E-state index contributed by atoms with van der Waals surface area (Å²) >= 11 is 0. The highest BCUT2D eigenvalue weighted by Crippen LogP contribution is 2.29. The molecule has 1 unspecified atom stereocenters. The van der Waals surface area contributed by atoms with Crippen molar-refractivity contribution in [2.75, 3.05) is 0 Å². The highest BCUT2D eigenvalue weighted by Gasteiger charge is 2.14. The molecule has 1 aromatic carbocycles. The molecule has 0 radical (unpaired) electrons. The van der Waals surface area contributed by atoms with Gasteiger partial charge in [0.25, 0.3) is 0 Å². The van der Waals surface area contributed by atoms with Crippen molar-refractivity contribution in [1.29, 1.82) is 0 Å². The number of phenolic OH excluding ortho intramolecular Hbond substituents is 1. The van der Waals surface area contributed by atoms with Crippen molar-refractivity contribution in [3.63, 3.8) is 0 Å². The van der Waals surface area contributed by atoms with Gasteiger partial charge in [0.15, 0.2) is 0 Å². The normalized spacial score (nSPS) is 20.1. The number of phenols is 1. The molecule has 2 heteroatoms. The second-order valence-electron chi connectivity index (χ2n) is 3.86. The summed E-state index contributed by atoms with van der Waals surface area (Å²) in [5.41, 5.74) is 1.86. The lowest BCUT2D eigenvalue weighted by Gasteiger charge is -2.15. The first-order valence-corrected chi connectivity index (χ1v) is 5.00. The Kier molecular flexibility index (Phi) is 2.58. The van der Waals surface area contributed by atoms with Crippen molar-refractivity contribution in [2.45, 2.75) is 19.3 Å². The lowest BCUT2D eigenvalue weighted by molar-refractivity contribution is 0.467. The summed E-state index contributed by atoms with van der Waals surface area (Å²) in [7, 11) is 0. The van der Waals surface area contributed by atoms with Crippen LogP contribution in [-0.4, -0.2) is 5.11 Å². The van der Waals surface area contributed by atoms with Gasteiger partial charge in [0, 0.05) is 12.0 Å². The summed E-state index contributed by atoms with van der Waals surface area (Å²) in [6, 6.07) is 4.33. The molecule has 1 aliphatic rings. The largest absolute Gasteiger partial charge is 0.508 e. The maximum atomic E-state index is 13.5. The fourth-order valence-electron chi connectivity index (χ4n) is 1.77. The van der Waals surface area contributed by atoms with Crippen molar-refractivity contribution >= 4 is 0 Å². The molecule has 15 heavy (non-hydrogen) atoms. The lowest BCUT2D eigenvalue weighted by Crippen LogP contribution is -2.00. The van der Waals surface area contributed by atoms with Gasteiger partial charge in [-0.1, -0.05) is 29.9 Å². The van der Waals surface area contributed by atoms with E-state index in [0.717, 1.165) is 12.5 Å². The Bertz CT molecular complexity index is 432. The number of halogens is 1. The van der Waals surface area contributed by atoms with Crippen LogP contribution in [0.1, 0.15) is 24.8 Å². The highest BCUT2D eigenvalue weighted by molar-refractivity contribution is 5.36. The number of benzene rings is 1. The topological polar surface area (TPSA) is 20.2 Å². The van der Waals surface area contributed by atoms with E-state index in [-0.39, 0.29) is 17.5 Å². The smallest absolute Gasteiger partial charge is 0.130 e. The summed E-state index contributed by atoms with van der Waals surface area (Å²) in [6.45, 7) is 2.03. The first-order valence-electron chi connectivity index (χ1n) is 5.00. The van der Waals surface area contributed by atoms with E-state index in [1.54, 1.807) is 6.07 Å². The number of rotatable bonds is 1. The van der Waals surface area contributed by atoms with Gasteiger partial charge < -0.3 is 5.11 Å². The fourth-order valence-corrected chi connectivity index (χ4v) is 1.77. The van der Waals surface area contributed by atoms with Gasteiger partial charge in [-0.15, -0.1) is 0 Å². The van der Waals surface area contributed by atoms with Gasteiger partial charge in [-0.05, 0) is 25.0 Å². The molecule has 2 rings (SSSR count). The van der Waals surface area contributed by atoms with Crippen LogP contribution in [0.4, 0.5) is 4.39 Å². The monoisotopic (exact) mass is 204 g/mol. The number of allylic oxidation sites excluding steroid dienone is 4. The molecule has 0 spiro atoms. The van der Waals surface area contributed by atoms with Crippen LogP contribution in [0, 0.1) is 5.82 Å². The molecule has 0 aliphatic heterocycles. The molecule has 0 saturated carbocycles. The second kappa shape index (κ2) is 3.89. The number of hydrogen-bond acceptors (Lipinski definition) is 1. The van der Waals surface area contributed by atoms with E-state index in [9.17, 15) is 4.39 Å². The third-order valence-corrected chi connectivity index (χ3v) is 2.67. The Balaban J connectivity index is 2.28. The van der Waals surface area contributed by atoms with Gasteiger partial charge in [0.1, 0.15) is 11.6 Å². The molecular weight excluding hydrogens is 191 g/mol. The van der Waals surface area contributed by atoms with Crippen molar-refractivity contribution < 1.29 is 9.50 Å². The molecule has 1 atom stereocenters. The van der Waals surface area contributed by atoms with E-state index in [1.807, 2.05) is 19.1 Å². The van der Waals surface area contributed by atoms with E-state index in [0.29, 0.717) is 5.56 Å². The average Bonchev–Trinajstić information content (AvgIpc) is 2.20. The quantitative estimate of drug-likeness (QED) is 0.742. The predicted molar refractivity (Wildman–Crippen MR) is 58.3 cm³/mol. The molecule has 0 heterocycles. The van der Waals surface area contributed by atoms with E-state index >= 15 is 0 Å². The zero-order valence-electron chi connectivity index (χ0n) is 8.57. The zero-order chi connectivity index (χ0) is 10.8. The van der Waals surface area contributed by atoms with Crippen molar-refractivity contribution in [3.05, 3.63) is 53.4 Å². The third kappa shape index (κ3) is 2.09. The summed E-state index contributed by atoms with van der Waals surface area (Å²) in [6.07, 6.45) is 6.92. The van der Waals surface area contributed by atoms with Crippen molar-refractivity contribution in [1.82, 2.24) is 0 Å². The van der Waals surface area contributed by atoms with E-state index < -0.39 is 0 Å². The third-order valence-electron chi connectivity index (χ3n) is 2.67. The van der Waals surface area contributed by atoms with Gasteiger partial charge in [-0.2, -0.15) is 0 Å². The van der Waals surface area contributed by atoms with E-state index in [2.05, 4.69) is 6.08 Å². The predicted octanol–water partition coefficient (Wildman–Crippen LogP) is 3.52. The van der Waals surface area contributed by atoms with Crippen LogP contribution in [0.2, 0.25) is 0 Å². The lowest BCUT2D eigenvalue weighted by atomic mass is 9.90. The Hall–Kier alpha value is -1.57. The molecule has 0 fully saturated rings. The number of hydrogen-bond donors (Lipinski definition) is 1. The van der Waals surface area contributed by atoms with Crippen LogP contribution in [0.25, 0.3) is 0 Å². The Morgan fingerprint density at radius 1 is 1.40 bits per heavy atom. The van der Waals surface area contributed by atoms with Crippen LogP contribution in [0.5, 0.6) is 5.75 Å². The summed E-state index contributed by atoms with van der Waals surface area (Å²) in [4.78, 5) is 0. The van der Waals surface area contributed by atoms with Gasteiger partial charge in [-0.25, -0.2) is 4.39 Å². The SMILES string of the molecule is CC1=CCC(c2ccc(O)cc2F)C=C1. The van der Waals surface area contributed by atoms with Crippen LogP contribution >= 0.6 is 0 Å². The second-order valence-corrected chi connectivity index (χ2v) is 3.86. The van der Waals surface area contributed by atoms with Crippen molar-refractivity contribution in [2.24, 2.45) is 0 Å². The molecule has 0 aromatic heterocycles. The first-order chi connectivity index (χ1) is 7.16. The van der Waals surface area contributed by atoms with Gasteiger partial charge >= 0.3 is 0 Å². The summed E-state index contributed by atoms with van der Waals surface area (Å²) in [5, 5.41) is 9.11. The highest BCUT2D eigenvalue weighted by atomic mass is 19.1. The van der Waals surface area contributed by atoms with Crippen LogP contribution in [0.15, 0.2) is 42.0 Å². The molecule has 0 amide bonds. The van der Waals surface area contributed by atoms with Crippen LogP contribution < -0.4 is 0 Å². The zero-order valence-corrected chi connectivity index (χ0v) is 8.57. The number of aromatic hydroxyl groups is 1. The van der Waals surface area contributed by atoms with E-state index in [1.165, 1.54) is 11.6 Å². The Labute approximate surface area is 88.6 Å². The van der Waals surface area contributed by atoms with Crippen LogP contribution in [0.3, 0.4) is 0 Å². The van der Waals surface area contributed by atoms with Crippen LogP contribution in [-0.2, 0) is 0 Å². The standard InChI is InChI=1S/C13H13FO/c1-9-2-4-10(5-3-9)12-7-6-11(15)8-13(12)14/h2-4,6-8,10,15H,5H2,1H3. The minimum atomic E-state index is -0.336. The minimum absolute atomic E-state index is 0.0252. The molecule has 1 nitrogen and oxygen atoms in total. The Morgan fingerprint density at radius 3 is 2.80 bits per heavy atom. The molecular formula is C13H13FO. The molecule has 0 saturated heterocycles. The summed E-state index contributed by atoms with van der Waals surface area (Å²) < 4.78 is 13.5. The first kappa shape index (κ1) is 9.97. The molecule has 1 N–H and O–H groups in total. The molecule has 1 aromatic rings. The summed E-state index contributed by atoms with van der Waals surface area (Å²) in [5.74, 6) is -0.269. The minimum Gasteiger partial charge on any atom is -0.508 e. The maximum absolute atomic E-state index is 13.5. The van der Waals surface area contributed by atoms with Gasteiger partial charge in [0.05, 0.1) is 0 Å². The fraction of sp³-hybridized carbons (Fsp3) is 0.231. The molecule has 1 aliphatic carbocycles. The maximum Gasteiger partial charge on any atom is 0.130 e. The Morgan fingerprint density at radius 2 is 2.20 bits per heavy atom. The average molecular weight is 204 g/mol. The molecule has 0 bridgehead atoms. The van der Waals surface area contributed by atoms with E-state index in [4.69, 9.17) is 5.11 Å². The van der Waals surface area contributed by atoms with Gasteiger partial charge in [-0.3, -0.25) is 0 Å². The van der Waals surface area contributed by atoms with Crippen molar-refractivity contribution in [3.8, 4) is 5.75 Å². The molecule has 78 valence electrons.